The summed E-state index contributed by atoms with van der Waals surface area (Å²) in [6.07, 6.45) is 0. The molecule has 0 radical (unpaired) electrons. The van der Waals surface area contributed by atoms with E-state index < -0.39 is 0 Å². The first kappa shape index (κ1) is 17.7. The fraction of sp³-hybridized carbons (Fsp3) is 0.333. The molecular weight excluding hydrogens is 340 g/mol. The first-order valence-corrected chi connectivity index (χ1v) is 9.33. The van der Waals surface area contributed by atoms with E-state index in [2.05, 4.69) is 20.2 Å². The van der Waals surface area contributed by atoms with Crippen LogP contribution in [0, 0.1) is 0 Å². The molecule has 0 bridgehead atoms. The van der Waals surface area contributed by atoms with E-state index in [0.717, 1.165) is 49.7 Å². The minimum absolute atomic E-state index is 0.0964. The second-order valence-electron chi connectivity index (χ2n) is 6.92. The summed E-state index contributed by atoms with van der Waals surface area (Å²) in [6.45, 7) is 6.32. The number of hydrogen-bond acceptors (Lipinski definition) is 4. The van der Waals surface area contributed by atoms with Gasteiger partial charge in [-0.1, -0.05) is 24.3 Å². The number of carbonyl (C=O) groups excluding carboxylic acids is 1. The van der Waals surface area contributed by atoms with E-state index in [1.807, 2.05) is 55.5 Å². The van der Waals surface area contributed by atoms with Crippen molar-refractivity contribution in [1.29, 1.82) is 0 Å². The maximum atomic E-state index is 12.6. The summed E-state index contributed by atoms with van der Waals surface area (Å²) in [5.41, 5.74) is 3.74. The molecule has 0 saturated carbocycles. The van der Waals surface area contributed by atoms with Gasteiger partial charge in [0, 0.05) is 25.2 Å². The maximum absolute atomic E-state index is 12.6. The third-order valence-corrected chi connectivity index (χ3v) is 4.89. The Morgan fingerprint density at radius 3 is 2.67 bits per heavy atom. The lowest BCUT2D eigenvalue weighted by molar-refractivity contribution is 0.0342. The van der Waals surface area contributed by atoms with Crippen LogP contribution in [0.25, 0.3) is 11.0 Å². The Kier molecular flexibility index (Phi) is 5.18. The van der Waals surface area contributed by atoms with Crippen LogP contribution in [-0.4, -0.2) is 47.1 Å². The second kappa shape index (κ2) is 7.90. The highest BCUT2D eigenvalue weighted by atomic mass is 16.5. The number of benzene rings is 2. The number of carbonyl (C=O) groups is 1. The van der Waals surface area contributed by atoms with Crippen LogP contribution in [0.3, 0.4) is 0 Å². The molecule has 2 aromatic carbocycles. The van der Waals surface area contributed by atoms with Crippen molar-refractivity contribution in [3.63, 3.8) is 0 Å². The van der Waals surface area contributed by atoms with Gasteiger partial charge in [-0.2, -0.15) is 0 Å². The van der Waals surface area contributed by atoms with Gasteiger partial charge < -0.3 is 15.0 Å². The van der Waals surface area contributed by atoms with Crippen molar-refractivity contribution in [1.82, 2.24) is 20.2 Å². The molecule has 0 spiro atoms. The van der Waals surface area contributed by atoms with Crippen LogP contribution in [0.4, 0.5) is 0 Å². The van der Waals surface area contributed by atoms with Crippen molar-refractivity contribution >= 4 is 16.9 Å². The number of rotatable bonds is 5. The van der Waals surface area contributed by atoms with Gasteiger partial charge in [-0.25, -0.2) is 4.98 Å². The Labute approximate surface area is 158 Å². The molecule has 2 N–H and O–H groups in total. The highest BCUT2D eigenvalue weighted by Gasteiger charge is 2.15. The number of para-hydroxylation sites is 2. The van der Waals surface area contributed by atoms with E-state index in [1.165, 1.54) is 5.56 Å². The molecule has 0 aliphatic carbocycles. The number of imidazole rings is 1. The molecule has 140 valence electrons. The number of aromatic nitrogens is 2. The molecule has 6 heteroatoms. The topological polar surface area (TPSA) is 70.2 Å². The van der Waals surface area contributed by atoms with Gasteiger partial charge in [0.15, 0.2) is 0 Å². The number of ether oxygens (including phenoxy) is 1. The first-order valence-electron chi connectivity index (χ1n) is 9.33. The zero-order chi connectivity index (χ0) is 18.6. The van der Waals surface area contributed by atoms with Crippen LogP contribution in [0.2, 0.25) is 0 Å². The van der Waals surface area contributed by atoms with Crippen LogP contribution < -0.4 is 5.32 Å². The van der Waals surface area contributed by atoms with Crippen LogP contribution in [0.1, 0.15) is 34.7 Å². The van der Waals surface area contributed by atoms with Gasteiger partial charge in [0.25, 0.3) is 5.91 Å². The molecule has 1 aliphatic rings. The van der Waals surface area contributed by atoms with E-state index in [4.69, 9.17) is 4.74 Å². The number of amides is 1. The fourth-order valence-corrected chi connectivity index (χ4v) is 3.30. The monoisotopic (exact) mass is 364 g/mol. The van der Waals surface area contributed by atoms with Crippen molar-refractivity contribution in [2.45, 2.75) is 19.5 Å². The van der Waals surface area contributed by atoms with Gasteiger partial charge in [0.05, 0.1) is 30.3 Å². The highest BCUT2D eigenvalue weighted by Crippen LogP contribution is 2.16. The molecule has 1 amide bonds. The molecule has 6 nitrogen and oxygen atoms in total. The van der Waals surface area contributed by atoms with E-state index in [9.17, 15) is 4.79 Å². The Bertz CT molecular complexity index is 880. The minimum Gasteiger partial charge on any atom is -0.379 e. The number of aromatic amines is 1. The largest absolute Gasteiger partial charge is 0.379 e. The van der Waals surface area contributed by atoms with Crippen molar-refractivity contribution in [3.8, 4) is 0 Å². The first-order chi connectivity index (χ1) is 13.2. The Morgan fingerprint density at radius 2 is 1.93 bits per heavy atom. The number of nitrogens with zero attached hydrogens (tertiary/aromatic N) is 2. The zero-order valence-electron chi connectivity index (χ0n) is 15.4. The lowest BCUT2D eigenvalue weighted by atomic mass is 10.1. The van der Waals surface area contributed by atoms with E-state index in [1.54, 1.807) is 0 Å². The third kappa shape index (κ3) is 4.18. The normalized spacial score (nSPS) is 16.3. The van der Waals surface area contributed by atoms with Crippen molar-refractivity contribution in [3.05, 3.63) is 65.5 Å². The summed E-state index contributed by atoms with van der Waals surface area (Å²) in [6, 6.07) is 15.5. The lowest BCUT2D eigenvalue weighted by Gasteiger charge is -2.26. The Hall–Kier alpha value is -2.70. The molecule has 1 atom stereocenters. The van der Waals surface area contributed by atoms with Crippen molar-refractivity contribution < 1.29 is 9.53 Å². The summed E-state index contributed by atoms with van der Waals surface area (Å²) < 4.78 is 5.38. The Balaban J connectivity index is 1.38. The smallest absolute Gasteiger partial charge is 0.251 e. The zero-order valence-corrected chi connectivity index (χ0v) is 15.4. The average Bonchev–Trinajstić information content (AvgIpc) is 3.14. The van der Waals surface area contributed by atoms with Gasteiger partial charge in [0.2, 0.25) is 0 Å². The predicted molar refractivity (Wildman–Crippen MR) is 105 cm³/mol. The summed E-state index contributed by atoms with van der Waals surface area (Å²) in [5.74, 6) is 0.661. The van der Waals surface area contributed by atoms with Gasteiger partial charge >= 0.3 is 0 Å². The highest BCUT2D eigenvalue weighted by molar-refractivity contribution is 5.94. The van der Waals surface area contributed by atoms with Crippen LogP contribution in [0.5, 0.6) is 0 Å². The molecule has 0 unspecified atom stereocenters. The molecule has 1 fully saturated rings. The van der Waals surface area contributed by atoms with Crippen LogP contribution in [-0.2, 0) is 11.3 Å². The van der Waals surface area contributed by atoms with Gasteiger partial charge in [0.1, 0.15) is 5.82 Å². The molecule has 4 rings (SSSR count). The van der Waals surface area contributed by atoms with E-state index in [0.29, 0.717) is 5.56 Å². The number of H-pyrrole nitrogens is 1. The number of nitrogens with one attached hydrogen (secondary N) is 2. The van der Waals surface area contributed by atoms with Crippen molar-refractivity contribution in [2.75, 3.05) is 26.3 Å². The molecular formula is C21H24N4O2. The van der Waals surface area contributed by atoms with E-state index >= 15 is 0 Å². The summed E-state index contributed by atoms with van der Waals surface area (Å²) in [5, 5.41) is 3.01. The third-order valence-electron chi connectivity index (χ3n) is 4.89. The number of morpholine rings is 1. The second-order valence-corrected chi connectivity index (χ2v) is 6.92. The molecule has 27 heavy (non-hydrogen) atoms. The van der Waals surface area contributed by atoms with Gasteiger partial charge in [-0.15, -0.1) is 0 Å². The van der Waals surface area contributed by atoms with Gasteiger partial charge in [-0.05, 0) is 36.8 Å². The SMILES string of the molecule is C[C@H](NC(=O)c1ccc(CN2CCOCC2)cc1)c1nc2ccccc2[nH]1. The molecule has 1 aromatic heterocycles. The lowest BCUT2D eigenvalue weighted by Crippen LogP contribution is -2.35. The molecule has 1 aliphatic heterocycles. The molecule has 2 heterocycles. The quantitative estimate of drug-likeness (QED) is 0.730. The summed E-state index contributed by atoms with van der Waals surface area (Å²) >= 11 is 0. The van der Waals surface area contributed by atoms with Gasteiger partial charge in [-0.3, -0.25) is 9.69 Å². The molecule has 3 aromatic rings. The summed E-state index contributed by atoms with van der Waals surface area (Å²) in [4.78, 5) is 22.7. The van der Waals surface area contributed by atoms with Crippen molar-refractivity contribution in [2.24, 2.45) is 0 Å². The van der Waals surface area contributed by atoms with E-state index in [-0.39, 0.29) is 11.9 Å². The molecule has 1 saturated heterocycles. The van der Waals surface area contributed by atoms with Crippen LogP contribution >= 0.6 is 0 Å². The maximum Gasteiger partial charge on any atom is 0.251 e. The minimum atomic E-state index is -0.196. The predicted octanol–water partition coefficient (Wildman–Crippen LogP) is 2.89. The average molecular weight is 364 g/mol. The fourth-order valence-electron chi connectivity index (χ4n) is 3.30. The number of fused-ring (bicyclic) bond motifs is 1. The standard InChI is InChI=1S/C21H24N4O2/c1-15(20-23-18-4-2-3-5-19(18)24-20)22-21(26)17-8-6-16(7-9-17)14-25-10-12-27-13-11-25/h2-9,15H,10-14H2,1H3,(H,22,26)(H,23,24)/t15-/m0/s1. The van der Waals surface area contributed by atoms with Crippen LogP contribution in [0.15, 0.2) is 48.5 Å². The number of hydrogen-bond donors (Lipinski definition) is 2. The Morgan fingerprint density at radius 1 is 1.19 bits per heavy atom. The summed E-state index contributed by atoms with van der Waals surface area (Å²) in [7, 11) is 0.